The summed E-state index contributed by atoms with van der Waals surface area (Å²) in [4.78, 5) is 18.5. The molecule has 1 aromatic carbocycles. The Morgan fingerprint density at radius 2 is 2.00 bits per heavy atom. The monoisotopic (exact) mass is 386 g/mol. The van der Waals surface area contributed by atoms with Crippen LogP contribution >= 0.6 is 34.5 Å². The predicted molar refractivity (Wildman–Crippen MR) is 96.1 cm³/mol. The first-order valence-electron chi connectivity index (χ1n) is 7.46. The number of carboxylic acids is 1. The molecule has 24 heavy (non-hydrogen) atoms. The molecule has 2 heterocycles. The van der Waals surface area contributed by atoms with Crippen LogP contribution in [0.15, 0.2) is 12.1 Å². The number of nitrogens with zero attached hydrogens (tertiary/aromatic N) is 2. The van der Waals surface area contributed by atoms with Crippen molar-refractivity contribution in [3.63, 3.8) is 0 Å². The molecule has 1 fully saturated rings. The fourth-order valence-electron chi connectivity index (χ4n) is 2.57. The van der Waals surface area contributed by atoms with E-state index in [-0.39, 0.29) is 4.88 Å². The number of ether oxygens (including phenoxy) is 1. The maximum Gasteiger partial charge on any atom is 0.347 e. The Hall–Kier alpha value is -1.34. The second-order valence-electron chi connectivity index (χ2n) is 5.55. The number of halogens is 2. The third-order valence-electron chi connectivity index (χ3n) is 3.90. The van der Waals surface area contributed by atoms with Gasteiger partial charge in [0.2, 0.25) is 0 Å². The number of aromatic carboxylic acids is 1. The van der Waals surface area contributed by atoms with Crippen molar-refractivity contribution in [3.05, 3.63) is 43.9 Å². The Morgan fingerprint density at radius 3 is 2.67 bits per heavy atom. The lowest BCUT2D eigenvalue weighted by Crippen LogP contribution is -2.36. The molecule has 8 heteroatoms. The minimum atomic E-state index is -0.959. The highest BCUT2D eigenvalue weighted by Gasteiger charge is 2.22. The van der Waals surface area contributed by atoms with Gasteiger partial charge in [-0.2, -0.15) is 0 Å². The minimum absolute atomic E-state index is 0.266. The highest BCUT2D eigenvalue weighted by Crippen LogP contribution is 2.31. The van der Waals surface area contributed by atoms with E-state index in [9.17, 15) is 9.90 Å². The molecule has 1 aromatic heterocycles. The van der Waals surface area contributed by atoms with Crippen molar-refractivity contribution in [2.75, 3.05) is 31.2 Å². The van der Waals surface area contributed by atoms with E-state index in [1.807, 2.05) is 6.92 Å². The zero-order valence-electron chi connectivity index (χ0n) is 13.0. The number of benzene rings is 1. The van der Waals surface area contributed by atoms with Crippen molar-refractivity contribution in [2.24, 2.45) is 0 Å². The van der Waals surface area contributed by atoms with E-state index in [4.69, 9.17) is 27.9 Å². The van der Waals surface area contributed by atoms with Crippen molar-refractivity contribution < 1.29 is 14.6 Å². The van der Waals surface area contributed by atoms with Crippen molar-refractivity contribution in [2.45, 2.75) is 13.3 Å². The van der Waals surface area contributed by atoms with Crippen LogP contribution in [0.4, 0.5) is 5.13 Å². The molecule has 0 bridgehead atoms. The van der Waals surface area contributed by atoms with Crippen LogP contribution in [-0.4, -0.2) is 42.4 Å². The molecule has 0 unspecified atom stereocenters. The molecule has 1 aliphatic heterocycles. The first-order valence-corrected chi connectivity index (χ1v) is 9.03. The van der Waals surface area contributed by atoms with Gasteiger partial charge in [0.05, 0.1) is 29.0 Å². The van der Waals surface area contributed by atoms with Crippen LogP contribution < -0.4 is 4.90 Å². The molecular formula is C16H16Cl2N2O3S. The summed E-state index contributed by atoms with van der Waals surface area (Å²) in [6.45, 7) is 4.62. The lowest BCUT2D eigenvalue weighted by molar-refractivity contribution is 0.0701. The number of morpholine rings is 1. The summed E-state index contributed by atoms with van der Waals surface area (Å²) in [5.74, 6) is -0.959. The van der Waals surface area contributed by atoms with Crippen molar-refractivity contribution in [1.29, 1.82) is 0 Å². The standard InChI is InChI=1S/C16H16Cl2N2O3S/c1-9-6-11(17)12(18)7-10(9)8-13-14(15(21)22)24-16(19-13)20-2-4-23-5-3-20/h6-7H,2-5,8H2,1H3,(H,21,22). The van der Waals surface area contributed by atoms with Gasteiger partial charge in [-0.15, -0.1) is 0 Å². The van der Waals surface area contributed by atoms with E-state index in [0.29, 0.717) is 35.4 Å². The Bertz CT molecular complexity index is 773. The molecular weight excluding hydrogens is 371 g/mol. The second kappa shape index (κ2) is 7.27. The quantitative estimate of drug-likeness (QED) is 0.863. The molecule has 1 saturated heterocycles. The number of aryl methyl sites for hydroxylation is 1. The maximum atomic E-state index is 11.6. The molecule has 0 spiro atoms. The van der Waals surface area contributed by atoms with Gasteiger partial charge in [0.1, 0.15) is 4.88 Å². The van der Waals surface area contributed by atoms with Crippen molar-refractivity contribution >= 4 is 45.6 Å². The zero-order chi connectivity index (χ0) is 17.3. The third kappa shape index (κ3) is 3.67. The van der Waals surface area contributed by atoms with Crippen LogP contribution in [0.5, 0.6) is 0 Å². The number of hydrogen-bond acceptors (Lipinski definition) is 5. The molecule has 0 atom stereocenters. The van der Waals surface area contributed by atoms with Gasteiger partial charge >= 0.3 is 5.97 Å². The average Bonchev–Trinajstić information content (AvgIpc) is 2.98. The SMILES string of the molecule is Cc1cc(Cl)c(Cl)cc1Cc1nc(N2CCOCC2)sc1C(=O)O. The summed E-state index contributed by atoms with van der Waals surface area (Å²) in [5, 5.41) is 11.2. The first-order chi connectivity index (χ1) is 11.5. The van der Waals surface area contributed by atoms with E-state index in [0.717, 1.165) is 29.3 Å². The molecule has 5 nitrogen and oxygen atoms in total. The molecule has 0 amide bonds. The van der Waals surface area contributed by atoms with Crippen LogP contribution in [0.25, 0.3) is 0 Å². The zero-order valence-corrected chi connectivity index (χ0v) is 15.3. The fourth-order valence-corrected chi connectivity index (χ4v) is 3.95. The van der Waals surface area contributed by atoms with Crippen LogP contribution in [0, 0.1) is 6.92 Å². The van der Waals surface area contributed by atoms with E-state index >= 15 is 0 Å². The van der Waals surface area contributed by atoms with E-state index in [2.05, 4.69) is 9.88 Å². The average molecular weight is 387 g/mol. The summed E-state index contributed by atoms with van der Waals surface area (Å²) in [6, 6.07) is 3.56. The molecule has 0 saturated carbocycles. The lowest BCUT2D eigenvalue weighted by Gasteiger charge is -2.26. The maximum absolute atomic E-state index is 11.6. The van der Waals surface area contributed by atoms with Gasteiger partial charge in [-0.1, -0.05) is 34.5 Å². The molecule has 0 aliphatic carbocycles. The summed E-state index contributed by atoms with van der Waals surface area (Å²) in [6.07, 6.45) is 0.408. The second-order valence-corrected chi connectivity index (χ2v) is 7.34. The van der Waals surface area contributed by atoms with Gasteiger partial charge in [0.15, 0.2) is 5.13 Å². The number of carboxylic acid groups (broad SMARTS) is 1. The lowest BCUT2D eigenvalue weighted by atomic mass is 10.0. The van der Waals surface area contributed by atoms with E-state index in [1.165, 1.54) is 11.3 Å². The number of rotatable bonds is 4. The van der Waals surface area contributed by atoms with Gasteiger partial charge in [-0.25, -0.2) is 9.78 Å². The first kappa shape index (κ1) is 17.5. The Morgan fingerprint density at radius 1 is 1.33 bits per heavy atom. The molecule has 1 N–H and O–H groups in total. The molecule has 1 aliphatic rings. The number of hydrogen-bond donors (Lipinski definition) is 1. The van der Waals surface area contributed by atoms with Gasteiger partial charge in [-0.05, 0) is 30.2 Å². The Labute approximate surface area is 153 Å². The molecule has 128 valence electrons. The van der Waals surface area contributed by atoms with Crippen molar-refractivity contribution in [1.82, 2.24) is 4.98 Å². The highest BCUT2D eigenvalue weighted by atomic mass is 35.5. The number of anilines is 1. The van der Waals surface area contributed by atoms with Crippen LogP contribution in [0.2, 0.25) is 10.0 Å². The van der Waals surface area contributed by atoms with E-state index in [1.54, 1.807) is 12.1 Å². The minimum Gasteiger partial charge on any atom is -0.477 e. The summed E-state index contributed by atoms with van der Waals surface area (Å²) >= 11 is 13.3. The number of thiazole rings is 1. The summed E-state index contributed by atoms with van der Waals surface area (Å²) in [5.41, 5.74) is 2.43. The smallest absolute Gasteiger partial charge is 0.347 e. The fraction of sp³-hybridized carbons (Fsp3) is 0.375. The van der Waals surface area contributed by atoms with Gasteiger partial charge in [-0.3, -0.25) is 0 Å². The molecule has 3 rings (SSSR count). The largest absolute Gasteiger partial charge is 0.477 e. The normalized spacial score (nSPS) is 14.9. The highest BCUT2D eigenvalue weighted by molar-refractivity contribution is 7.17. The number of carbonyl (C=O) groups is 1. The summed E-state index contributed by atoms with van der Waals surface area (Å²) < 4.78 is 5.33. The molecule has 0 radical (unpaired) electrons. The van der Waals surface area contributed by atoms with Crippen LogP contribution in [0.1, 0.15) is 26.5 Å². The Balaban J connectivity index is 1.93. The predicted octanol–water partition coefficient (Wildman–Crippen LogP) is 3.88. The van der Waals surface area contributed by atoms with Crippen molar-refractivity contribution in [3.8, 4) is 0 Å². The Kier molecular flexibility index (Phi) is 5.30. The van der Waals surface area contributed by atoms with Crippen LogP contribution in [-0.2, 0) is 11.2 Å². The van der Waals surface area contributed by atoms with Crippen LogP contribution in [0.3, 0.4) is 0 Å². The van der Waals surface area contributed by atoms with Gasteiger partial charge in [0.25, 0.3) is 0 Å². The molecule has 2 aromatic rings. The van der Waals surface area contributed by atoms with Gasteiger partial charge < -0.3 is 14.7 Å². The van der Waals surface area contributed by atoms with Gasteiger partial charge in [0, 0.05) is 19.5 Å². The third-order valence-corrected chi connectivity index (χ3v) is 5.77. The topological polar surface area (TPSA) is 62.7 Å². The summed E-state index contributed by atoms with van der Waals surface area (Å²) in [7, 11) is 0. The number of aromatic nitrogens is 1. The van der Waals surface area contributed by atoms with E-state index < -0.39 is 5.97 Å².